The van der Waals surface area contributed by atoms with Gasteiger partial charge in [0.2, 0.25) is 5.91 Å². The fourth-order valence-electron chi connectivity index (χ4n) is 3.14. The highest BCUT2D eigenvalue weighted by molar-refractivity contribution is 6.31. The predicted molar refractivity (Wildman–Crippen MR) is 75.9 cm³/mol. The SMILES string of the molecule is O=C(NCc1ccccc1Cl)C1CC12CCNCC2. The molecule has 1 aliphatic carbocycles. The van der Waals surface area contributed by atoms with Gasteiger partial charge in [-0.1, -0.05) is 29.8 Å². The number of piperidine rings is 1. The molecule has 3 rings (SSSR count). The zero-order valence-corrected chi connectivity index (χ0v) is 11.7. The van der Waals surface area contributed by atoms with Crippen molar-refractivity contribution in [2.24, 2.45) is 11.3 Å². The number of hydrogen-bond donors (Lipinski definition) is 2. The van der Waals surface area contributed by atoms with Gasteiger partial charge < -0.3 is 10.6 Å². The first kappa shape index (κ1) is 12.9. The summed E-state index contributed by atoms with van der Waals surface area (Å²) >= 11 is 6.09. The van der Waals surface area contributed by atoms with Crippen LogP contribution in [0.2, 0.25) is 5.02 Å². The Morgan fingerprint density at radius 3 is 2.84 bits per heavy atom. The third kappa shape index (κ3) is 2.63. The van der Waals surface area contributed by atoms with E-state index < -0.39 is 0 Å². The highest BCUT2D eigenvalue weighted by Gasteiger charge is 2.57. The molecule has 1 aromatic rings. The van der Waals surface area contributed by atoms with Crippen molar-refractivity contribution in [3.63, 3.8) is 0 Å². The lowest BCUT2D eigenvalue weighted by atomic mass is 9.92. The first-order valence-electron chi connectivity index (χ1n) is 6.93. The molecule has 3 nitrogen and oxygen atoms in total. The summed E-state index contributed by atoms with van der Waals surface area (Å²) in [7, 11) is 0. The lowest BCUT2D eigenvalue weighted by Crippen LogP contribution is -2.33. The summed E-state index contributed by atoms with van der Waals surface area (Å²) in [5.41, 5.74) is 1.29. The Morgan fingerprint density at radius 1 is 1.37 bits per heavy atom. The number of carbonyl (C=O) groups excluding carboxylic acids is 1. The molecule has 0 aromatic heterocycles. The third-order valence-electron chi connectivity index (χ3n) is 4.52. The summed E-state index contributed by atoms with van der Waals surface area (Å²) in [5.74, 6) is 0.416. The minimum Gasteiger partial charge on any atom is -0.352 e. The number of carbonyl (C=O) groups is 1. The van der Waals surface area contributed by atoms with Gasteiger partial charge in [0.05, 0.1) is 0 Å². The minimum absolute atomic E-state index is 0.196. The molecule has 1 unspecified atom stereocenters. The first-order chi connectivity index (χ1) is 9.21. The van der Waals surface area contributed by atoms with Gasteiger partial charge >= 0.3 is 0 Å². The lowest BCUT2D eigenvalue weighted by molar-refractivity contribution is -0.123. The van der Waals surface area contributed by atoms with Crippen molar-refractivity contribution >= 4 is 17.5 Å². The zero-order valence-electron chi connectivity index (χ0n) is 10.9. The molecule has 1 spiro atoms. The van der Waals surface area contributed by atoms with Crippen LogP contribution in [0.15, 0.2) is 24.3 Å². The molecule has 1 aliphatic heterocycles. The van der Waals surface area contributed by atoms with Gasteiger partial charge in [0.25, 0.3) is 0 Å². The van der Waals surface area contributed by atoms with E-state index in [4.69, 9.17) is 11.6 Å². The monoisotopic (exact) mass is 278 g/mol. The zero-order chi connectivity index (χ0) is 13.3. The summed E-state index contributed by atoms with van der Waals surface area (Å²) in [6.45, 7) is 2.63. The highest BCUT2D eigenvalue weighted by atomic mass is 35.5. The Hall–Kier alpha value is -1.06. The van der Waals surface area contributed by atoms with E-state index in [-0.39, 0.29) is 11.8 Å². The van der Waals surface area contributed by atoms with Crippen molar-refractivity contribution in [3.05, 3.63) is 34.9 Å². The molecule has 2 fully saturated rings. The average Bonchev–Trinajstić information content (AvgIpc) is 3.12. The second kappa shape index (κ2) is 5.14. The van der Waals surface area contributed by atoms with E-state index in [1.165, 1.54) is 0 Å². The molecular formula is C15H19ClN2O. The van der Waals surface area contributed by atoms with Gasteiger partial charge in [-0.2, -0.15) is 0 Å². The molecule has 1 atom stereocenters. The molecule has 1 amide bonds. The van der Waals surface area contributed by atoms with Crippen LogP contribution in [0.1, 0.15) is 24.8 Å². The molecule has 0 radical (unpaired) electrons. The number of halogens is 1. The van der Waals surface area contributed by atoms with Crippen LogP contribution in [0.4, 0.5) is 0 Å². The fourth-order valence-corrected chi connectivity index (χ4v) is 3.35. The fraction of sp³-hybridized carbons (Fsp3) is 0.533. The van der Waals surface area contributed by atoms with Crippen LogP contribution in [-0.4, -0.2) is 19.0 Å². The van der Waals surface area contributed by atoms with Crippen LogP contribution in [0.3, 0.4) is 0 Å². The Bertz CT molecular complexity index is 483. The van der Waals surface area contributed by atoms with Crippen LogP contribution in [0, 0.1) is 11.3 Å². The van der Waals surface area contributed by atoms with E-state index in [0.29, 0.717) is 12.0 Å². The van der Waals surface area contributed by atoms with Gasteiger partial charge in [-0.3, -0.25) is 4.79 Å². The maximum atomic E-state index is 12.2. The Labute approximate surface area is 118 Å². The molecule has 1 saturated heterocycles. The molecule has 2 N–H and O–H groups in total. The number of nitrogens with one attached hydrogen (secondary N) is 2. The van der Waals surface area contributed by atoms with E-state index in [1.807, 2.05) is 24.3 Å². The lowest BCUT2D eigenvalue weighted by Gasteiger charge is -2.23. The quantitative estimate of drug-likeness (QED) is 0.891. The van der Waals surface area contributed by atoms with Crippen LogP contribution in [-0.2, 0) is 11.3 Å². The maximum Gasteiger partial charge on any atom is 0.223 e. The first-order valence-corrected chi connectivity index (χ1v) is 7.31. The van der Waals surface area contributed by atoms with E-state index in [2.05, 4.69) is 10.6 Å². The molecule has 1 aromatic carbocycles. The molecule has 2 aliphatic rings. The van der Waals surface area contributed by atoms with Gasteiger partial charge in [0, 0.05) is 17.5 Å². The second-order valence-electron chi connectivity index (χ2n) is 5.68. The van der Waals surface area contributed by atoms with Gasteiger partial charge in [0.1, 0.15) is 0 Å². The van der Waals surface area contributed by atoms with Crippen LogP contribution in [0.25, 0.3) is 0 Å². The summed E-state index contributed by atoms with van der Waals surface area (Å²) in [6, 6.07) is 7.65. The van der Waals surface area contributed by atoms with Gasteiger partial charge in [-0.15, -0.1) is 0 Å². The smallest absolute Gasteiger partial charge is 0.223 e. The molecule has 1 heterocycles. The number of benzene rings is 1. The third-order valence-corrected chi connectivity index (χ3v) is 4.89. The molecule has 102 valence electrons. The van der Waals surface area contributed by atoms with Crippen molar-refractivity contribution in [1.82, 2.24) is 10.6 Å². The Morgan fingerprint density at radius 2 is 2.11 bits per heavy atom. The largest absolute Gasteiger partial charge is 0.352 e. The summed E-state index contributed by atoms with van der Waals surface area (Å²) in [4.78, 5) is 12.2. The Balaban J connectivity index is 1.54. The van der Waals surface area contributed by atoms with Crippen LogP contribution in [0.5, 0.6) is 0 Å². The van der Waals surface area contributed by atoms with Gasteiger partial charge in [0.15, 0.2) is 0 Å². The number of amides is 1. The summed E-state index contributed by atoms with van der Waals surface area (Å²) in [6.07, 6.45) is 3.33. The summed E-state index contributed by atoms with van der Waals surface area (Å²) < 4.78 is 0. The minimum atomic E-state index is 0.196. The van der Waals surface area contributed by atoms with E-state index in [0.717, 1.165) is 42.9 Å². The summed E-state index contributed by atoms with van der Waals surface area (Å²) in [5, 5.41) is 7.10. The standard InChI is InChI=1S/C15H19ClN2O/c16-13-4-2-1-3-11(13)10-18-14(19)12-9-15(12)5-7-17-8-6-15/h1-4,12,17H,5-10H2,(H,18,19). The average molecular weight is 279 g/mol. The van der Waals surface area contributed by atoms with E-state index in [9.17, 15) is 4.79 Å². The van der Waals surface area contributed by atoms with Crippen molar-refractivity contribution in [3.8, 4) is 0 Å². The van der Waals surface area contributed by atoms with Gasteiger partial charge in [-0.05, 0) is 49.4 Å². The van der Waals surface area contributed by atoms with E-state index in [1.54, 1.807) is 0 Å². The maximum absolute atomic E-state index is 12.2. The molecule has 0 bridgehead atoms. The Kier molecular flexibility index (Phi) is 3.50. The molecular weight excluding hydrogens is 260 g/mol. The van der Waals surface area contributed by atoms with Crippen molar-refractivity contribution in [2.45, 2.75) is 25.8 Å². The number of hydrogen-bond acceptors (Lipinski definition) is 2. The number of rotatable bonds is 3. The van der Waals surface area contributed by atoms with Crippen LogP contribution >= 0.6 is 11.6 Å². The normalized spacial score (nSPS) is 24.2. The van der Waals surface area contributed by atoms with Gasteiger partial charge in [-0.25, -0.2) is 0 Å². The van der Waals surface area contributed by atoms with Crippen LogP contribution < -0.4 is 10.6 Å². The molecule has 4 heteroatoms. The topological polar surface area (TPSA) is 41.1 Å². The highest BCUT2D eigenvalue weighted by Crippen LogP contribution is 2.58. The van der Waals surface area contributed by atoms with Crippen molar-refractivity contribution in [1.29, 1.82) is 0 Å². The van der Waals surface area contributed by atoms with Crippen molar-refractivity contribution < 1.29 is 4.79 Å². The second-order valence-corrected chi connectivity index (χ2v) is 6.09. The van der Waals surface area contributed by atoms with Crippen molar-refractivity contribution in [2.75, 3.05) is 13.1 Å². The predicted octanol–water partition coefficient (Wildman–Crippen LogP) is 2.35. The van der Waals surface area contributed by atoms with E-state index >= 15 is 0 Å². The molecule has 19 heavy (non-hydrogen) atoms. The molecule has 1 saturated carbocycles.